The number of para-hydroxylation sites is 1. The average molecular weight is 261 g/mol. The molecule has 3 heteroatoms. The molecule has 0 amide bonds. The normalized spacial score (nSPS) is 10.4. The Bertz CT molecular complexity index is 525. The molecule has 1 heterocycles. The quantitative estimate of drug-likeness (QED) is 0.824. The van der Waals surface area contributed by atoms with E-state index in [0.717, 1.165) is 29.5 Å². The standard InChI is InChI=1S/C15H17ClN2/c1-3-18(15-9-5-4-8-13(15)16)11-14-12(2)7-6-10-17-14/h4-10H,3,11H2,1-2H3. The zero-order valence-electron chi connectivity index (χ0n) is 10.7. The lowest BCUT2D eigenvalue weighted by Crippen LogP contribution is -2.23. The fourth-order valence-corrected chi connectivity index (χ4v) is 2.20. The highest BCUT2D eigenvalue weighted by Crippen LogP contribution is 2.26. The van der Waals surface area contributed by atoms with E-state index >= 15 is 0 Å². The Hall–Kier alpha value is -1.54. The van der Waals surface area contributed by atoms with Gasteiger partial charge in [0, 0.05) is 12.7 Å². The van der Waals surface area contributed by atoms with E-state index < -0.39 is 0 Å². The first-order chi connectivity index (χ1) is 8.72. The molecular weight excluding hydrogens is 244 g/mol. The van der Waals surface area contributed by atoms with Gasteiger partial charge in [-0.1, -0.05) is 29.8 Å². The second-order valence-corrected chi connectivity index (χ2v) is 4.64. The first-order valence-electron chi connectivity index (χ1n) is 6.12. The lowest BCUT2D eigenvalue weighted by atomic mass is 10.2. The summed E-state index contributed by atoms with van der Waals surface area (Å²) < 4.78 is 0. The maximum Gasteiger partial charge on any atom is 0.0639 e. The summed E-state index contributed by atoms with van der Waals surface area (Å²) in [5.74, 6) is 0. The molecule has 0 aliphatic rings. The lowest BCUT2D eigenvalue weighted by molar-refractivity contribution is 0.803. The molecule has 0 spiro atoms. The molecule has 0 unspecified atom stereocenters. The number of pyridine rings is 1. The summed E-state index contributed by atoms with van der Waals surface area (Å²) in [6.07, 6.45) is 1.84. The predicted octanol–water partition coefficient (Wildman–Crippen LogP) is 4.07. The molecule has 0 aliphatic carbocycles. The highest BCUT2D eigenvalue weighted by atomic mass is 35.5. The Kier molecular flexibility index (Phi) is 4.21. The third-order valence-corrected chi connectivity index (χ3v) is 3.35. The van der Waals surface area contributed by atoms with E-state index in [4.69, 9.17) is 11.6 Å². The number of benzene rings is 1. The SMILES string of the molecule is CCN(Cc1ncccc1C)c1ccccc1Cl. The molecule has 18 heavy (non-hydrogen) atoms. The van der Waals surface area contributed by atoms with Crippen LogP contribution in [0.15, 0.2) is 42.6 Å². The van der Waals surface area contributed by atoms with Gasteiger partial charge >= 0.3 is 0 Å². The summed E-state index contributed by atoms with van der Waals surface area (Å²) >= 11 is 6.24. The van der Waals surface area contributed by atoms with Crippen molar-refractivity contribution >= 4 is 17.3 Å². The number of nitrogens with zero attached hydrogens (tertiary/aromatic N) is 2. The van der Waals surface area contributed by atoms with Gasteiger partial charge in [-0.05, 0) is 37.6 Å². The Morgan fingerprint density at radius 1 is 1.17 bits per heavy atom. The van der Waals surface area contributed by atoms with E-state index in [9.17, 15) is 0 Å². The van der Waals surface area contributed by atoms with Crippen LogP contribution in [-0.4, -0.2) is 11.5 Å². The van der Waals surface area contributed by atoms with E-state index in [0.29, 0.717) is 0 Å². The topological polar surface area (TPSA) is 16.1 Å². The number of halogens is 1. The lowest BCUT2D eigenvalue weighted by Gasteiger charge is -2.24. The van der Waals surface area contributed by atoms with Gasteiger partial charge in [-0.2, -0.15) is 0 Å². The number of aryl methyl sites for hydroxylation is 1. The van der Waals surface area contributed by atoms with Crippen molar-refractivity contribution in [2.24, 2.45) is 0 Å². The Morgan fingerprint density at radius 3 is 2.61 bits per heavy atom. The molecule has 2 aromatic rings. The van der Waals surface area contributed by atoms with Crippen LogP contribution in [0.2, 0.25) is 5.02 Å². The van der Waals surface area contributed by atoms with Crippen molar-refractivity contribution in [2.45, 2.75) is 20.4 Å². The third kappa shape index (κ3) is 2.82. The van der Waals surface area contributed by atoms with Crippen molar-refractivity contribution in [1.29, 1.82) is 0 Å². The fraction of sp³-hybridized carbons (Fsp3) is 0.267. The van der Waals surface area contributed by atoms with Gasteiger partial charge in [0.05, 0.1) is 22.9 Å². The van der Waals surface area contributed by atoms with Crippen LogP contribution in [-0.2, 0) is 6.54 Å². The van der Waals surface area contributed by atoms with Gasteiger partial charge in [0.15, 0.2) is 0 Å². The summed E-state index contributed by atoms with van der Waals surface area (Å²) in [5, 5.41) is 0.785. The number of hydrogen-bond donors (Lipinski definition) is 0. The predicted molar refractivity (Wildman–Crippen MR) is 77.2 cm³/mol. The second-order valence-electron chi connectivity index (χ2n) is 4.23. The molecule has 2 rings (SSSR count). The smallest absolute Gasteiger partial charge is 0.0639 e. The Balaban J connectivity index is 2.26. The molecule has 0 aliphatic heterocycles. The van der Waals surface area contributed by atoms with Gasteiger partial charge in [-0.25, -0.2) is 0 Å². The van der Waals surface area contributed by atoms with Crippen LogP contribution >= 0.6 is 11.6 Å². The molecule has 0 saturated carbocycles. The van der Waals surface area contributed by atoms with Crippen molar-refractivity contribution in [2.75, 3.05) is 11.4 Å². The van der Waals surface area contributed by atoms with E-state index in [-0.39, 0.29) is 0 Å². The Labute approximate surface area is 113 Å². The first kappa shape index (κ1) is 12.9. The van der Waals surface area contributed by atoms with Crippen molar-refractivity contribution in [3.05, 3.63) is 58.9 Å². The Morgan fingerprint density at radius 2 is 1.94 bits per heavy atom. The molecule has 94 valence electrons. The summed E-state index contributed by atoms with van der Waals surface area (Å²) in [4.78, 5) is 6.67. The first-order valence-corrected chi connectivity index (χ1v) is 6.50. The van der Waals surface area contributed by atoms with Gasteiger partial charge in [0.1, 0.15) is 0 Å². The second kappa shape index (κ2) is 5.87. The van der Waals surface area contributed by atoms with E-state index in [1.165, 1.54) is 5.56 Å². The van der Waals surface area contributed by atoms with Crippen LogP contribution < -0.4 is 4.90 Å². The summed E-state index contributed by atoms with van der Waals surface area (Å²) in [5.41, 5.74) is 3.37. The molecule has 0 fully saturated rings. The molecule has 1 aromatic heterocycles. The minimum atomic E-state index is 0.785. The number of rotatable bonds is 4. The van der Waals surface area contributed by atoms with Gasteiger partial charge in [-0.15, -0.1) is 0 Å². The highest BCUT2D eigenvalue weighted by Gasteiger charge is 2.10. The summed E-state index contributed by atoms with van der Waals surface area (Å²) in [6.45, 7) is 5.90. The van der Waals surface area contributed by atoms with E-state index in [1.807, 2.05) is 36.5 Å². The number of aromatic nitrogens is 1. The monoisotopic (exact) mass is 260 g/mol. The molecular formula is C15H17ClN2. The fourth-order valence-electron chi connectivity index (χ4n) is 1.94. The van der Waals surface area contributed by atoms with E-state index in [1.54, 1.807) is 0 Å². The van der Waals surface area contributed by atoms with Crippen LogP contribution in [0.3, 0.4) is 0 Å². The largest absolute Gasteiger partial charge is 0.365 e. The van der Waals surface area contributed by atoms with Crippen LogP contribution in [0.25, 0.3) is 0 Å². The van der Waals surface area contributed by atoms with Gasteiger partial charge in [0.25, 0.3) is 0 Å². The minimum absolute atomic E-state index is 0.785. The maximum atomic E-state index is 6.24. The summed E-state index contributed by atoms with van der Waals surface area (Å²) in [6, 6.07) is 12.0. The van der Waals surface area contributed by atoms with E-state index in [2.05, 4.69) is 29.8 Å². The van der Waals surface area contributed by atoms with Crippen molar-refractivity contribution in [1.82, 2.24) is 4.98 Å². The zero-order valence-corrected chi connectivity index (χ0v) is 11.5. The maximum absolute atomic E-state index is 6.24. The molecule has 0 radical (unpaired) electrons. The molecule has 0 saturated heterocycles. The van der Waals surface area contributed by atoms with Gasteiger partial charge in [0.2, 0.25) is 0 Å². The van der Waals surface area contributed by atoms with Gasteiger partial charge < -0.3 is 4.90 Å². The molecule has 2 nitrogen and oxygen atoms in total. The average Bonchev–Trinajstić information content (AvgIpc) is 2.39. The molecule has 1 aromatic carbocycles. The van der Waals surface area contributed by atoms with Crippen molar-refractivity contribution in [3.63, 3.8) is 0 Å². The number of hydrogen-bond acceptors (Lipinski definition) is 2. The van der Waals surface area contributed by atoms with Crippen LogP contribution in [0, 0.1) is 6.92 Å². The van der Waals surface area contributed by atoms with Crippen LogP contribution in [0.1, 0.15) is 18.2 Å². The molecule has 0 N–H and O–H groups in total. The molecule has 0 bridgehead atoms. The molecule has 0 atom stereocenters. The third-order valence-electron chi connectivity index (χ3n) is 3.03. The summed E-state index contributed by atoms with van der Waals surface area (Å²) in [7, 11) is 0. The van der Waals surface area contributed by atoms with Gasteiger partial charge in [-0.3, -0.25) is 4.98 Å². The van der Waals surface area contributed by atoms with Crippen LogP contribution in [0.4, 0.5) is 5.69 Å². The highest BCUT2D eigenvalue weighted by molar-refractivity contribution is 6.33. The number of anilines is 1. The van der Waals surface area contributed by atoms with Crippen LogP contribution in [0.5, 0.6) is 0 Å². The minimum Gasteiger partial charge on any atom is -0.365 e. The zero-order chi connectivity index (χ0) is 13.0. The van der Waals surface area contributed by atoms with Crippen molar-refractivity contribution in [3.8, 4) is 0 Å². The van der Waals surface area contributed by atoms with Crippen molar-refractivity contribution < 1.29 is 0 Å².